The first-order chi connectivity index (χ1) is 11.5. The highest BCUT2D eigenvalue weighted by atomic mass is 19.1. The van der Waals surface area contributed by atoms with Crippen molar-refractivity contribution < 1.29 is 28.8 Å². The van der Waals surface area contributed by atoms with E-state index in [9.17, 15) is 39.2 Å². The number of nitro benzene ring substituents is 2. The van der Waals surface area contributed by atoms with Crippen LogP contribution in [0.25, 0.3) is 0 Å². The highest BCUT2D eigenvalue weighted by molar-refractivity contribution is 5.61. The molecule has 0 atom stereocenters. The molecule has 2 aromatic carbocycles. The van der Waals surface area contributed by atoms with Crippen LogP contribution in [0.5, 0.6) is 11.5 Å². The first-order valence-corrected chi connectivity index (χ1v) is 6.81. The van der Waals surface area contributed by atoms with E-state index >= 15 is 0 Å². The van der Waals surface area contributed by atoms with Crippen molar-refractivity contribution in [2.75, 3.05) is 0 Å². The topological polar surface area (TPSA) is 127 Å². The summed E-state index contributed by atoms with van der Waals surface area (Å²) in [6.07, 6.45) is 0. The monoisotopic (exact) mass is 354 g/mol. The van der Waals surface area contributed by atoms with Gasteiger partial charge in [0.25, 0.3) is 0 Å². The van der Waals surface area contributed by atoms with Gasteiger partial charge in [0.05, 0.1) is 22.0 Å². The highest BCUT2D eigenvalue weighted by Crippen LogP contribution is 2.46. The largest absolute Gasteiger partial charge is 0.502 e. The van der Waals surface area contributed by atoms with Gasteiger partial charge in [-0.2, -0.15) is 0 Å². The molecule has 2 N–H and O–H groups in total. The van der Waals surface area contributed by atoms with Gasteiger partial charge in [-0.05, 0) is 12.1 Å². The lowest BCUT2D eigenvalue weighted by atomic mass is 9.76. The van der Waals surface area contributed by atoms with Crippen LogP contribution in [0.2, 0.25) is 0 Å². The van der Waals surface area contributed by atoms with E-state index in [0.29, 0.717) is 12.1 Å². The minimum absolute atomic E-state index is 0.339. The van der Waals surface area contributed by atoms with E-state index in [1.54, 1.807) is 0 Å². The number of nitro groups is 2. The van der Waals surface area contributed by atoms with Crippen molar-refractivity contribution in [1.29, 1.82) is 0 Å². The second-order valence-electron chi connectivity index (χ2n) is 5.78. The number of benzene rings is 2. The standard InChI is InChI=1S/C15H12F2N2O6/c1-15(2,9-3-7(16)5-11(13(9)20)18(22)23)10-4-8(17)6-12(14(10)21)19(24)25/h3-6,20-21H,1-2H3. The molecule has 0 aliphatic rings. The van der Waals surface area contributed by atoms with Gasteiger partial charge in [-0.25, -0.2) is 8.78 Å². The summed E-state index contributed by atoms with van der Waals surface area (Å²) in [6, 6.07) is 2.56. The molecule has 0 saturated heterocycles. The fourth-order valence-corrected chi connectivity index (χ4v) is 2.55. The molecule has 0 aliphatic carbocycles. The van der Waals surface area contributed by atoms with Gasteiger partial charge in [0.15, 0.2) is 11.5 Å². The third-order valence-corrected chi connectivity index (χ3v) is 3.85. The number of halogens is 2. The van der Waals surface area contributed by atoms with Crippen LogP contribution >= 0.6 is 0 Å². The van der Waals surface area contributed by atoms with Gasteiger partial charge in [-0.15, -0.1) is 0 Å². The number of nitrogens with zero attached hydrogens (tertiary/aromatic N) is 2. The number of hydrogen-bond donors (Lipinski definition) is 2. The van der Waals surface area contributed by atoms with Crippen molar-refractivity contribution in [3.8, 4) is 11.5 Å². The molecule has 25 heavy (non-hydrogen) atoms. The molecule has 8 nitrogen and oxygen atoms in total. The summed E-state index contributed by atoms with van der Waals surface area (Å²) >= 11 is 0. The summed E-state index contributed by atoms with van der Waals surface area (Å²) in [5.41, 5.74) is -4.11. The molecular formula is C15H12F2N2O6. The quantitative estimate of drug-likeness (QED) is 0.639. The molecule has 0 aliphatic heterocycles. The van der Waals surface area contributed by atoms with E-state index in [0.717, 1.165) is 12.1 Å². The van der Waals surface area contributed by atoms with Gasteiger partial charge in [0.1, 0.15) is 11.6 Å². The molecule has 0 heterocycles. The van der Waals surface area contributed by atoms with Crippen molar-refractivity contribution in [3.05, 3.63) is 67.3 Å². The van der Waals surface area contributed by atoms with Gasteiger partial charge in [0.2, 0.25) is 0 Å². The molecule has 0 fully saturated rings. The van der Waals surface area contributed by atoms with E-state index < -0.39 is 49.8 Å². The number of rotatable bonds is 4. The van der Waals surface area contributed by atoms with E-state index in [1.807, 2.05) is 0 Å². The fourth-order valence-electron chi connectivity index (χ4n) is 2.55. The SMILES string of the molecule is CC(C)(c1cc(F)cc([N+](=O)[O-])c1O)c1cc(F)cc([N+](=O)[O-])c1O. The maximum Gasteiger partial charge on any atom is 0.313 e. The van der Waals surface area contributed by atoms with Gasteiger partial charge < -0.3 is 10.2 Å². The molecule has 10 heteroatoms. The maximum absolute atomic E-state index is 13.7. The Morgan fingerprint density at radius 2 is 1.16 bits per heavy atom. The molecule has 132 valence electrons. The summed E-state index contributed by atoms with van der Waals surface area (Å²) in [4.78, 5) is 19.9. The molecule has 2 aromatic rings. The molecule has 0 spiro atoms. The highest BCUT2D eigenvalue weighted by Gasteiger charge is 2.36. The van der Waals surface area contributed by atoms with Crippen molar-refractivity contribution in [1.82, 2.24) is 0 Å². The van der Waals surface area contributed by atoms with Crippen molar-refractivity contribution in [3.63, 3.8) is 0 Å². The lowest BCUT2D eigenvalue weighted by molar-refractivity contribution is -0.386. The summed E-state index contributed by atoms with van der Waals surface area (Å²) in [5, 5.41) is 42.1. The molecule has 0 saturated carbocycles. The third kappa shape index (κ3) is 3.05. The summed E-state index contributed by atoms with van der Waals surface area (Å²) < 4.78 is 27.5. The first kappa shape index (κ1) is 18.0. The average molecular weight is 354 g/mol. The summed E-state index contributed by atoms with van der Waals surface area (Å²) in [5.74, 6) is -3.86. The van der Waals surface area contributed by atoms with Gasteiger partial charge in [-0.1, -0.05) is 13.8 Å². The van der Waals surface area contributed by atoms with E-state index in [-0.39, 0.29) is 11.1 Å². The Labute approximate surface area is 139 Å². The van der Waals surface area contributed by atoms with Crippen LogP contribution < -0.4 is 0 Å². The second kappa shape index (κ2) is 5.96. The Bertz CT molecular complexity index is 827. The van der Waals surface area contributed by atoms with Crippen molar-refractivity contribution in [2.45, 2.75) is 19.3 Å². The molecule has 0 bridgehead atoms. The number of phenols is 2. The number of aromatic hydroxyl groups is 2. The zero-order valence-electron chi connectivity index (χ0n) is 13.0. The Hall–Kier alpha value is -3.30. The minimum atomic E-state index is -1.59. The average Bonchev–Trinajstić information content (AvgIpc) is 2.50. The van der Waals surface area contributed by atoms with Crippen LogP contribution in [0.1, 0.15) is 25.0 Å². The van der Waals surface area contributed by atoms with Gasteiger partial charge >= 0.3 is 11.4 Å². The number of phenolic OH excluding ortho intramolecular Hbond substituents is 2. The molecule has 0 unspecified atom stereocenters. The first-order valence-electron chi connectivity index (χ1n) is 6.81. The Morgan fingerprint density at radius 3 is 1.44 bits per heavy atom. The Kier molecular flexibility index (Phi) is 4.31. The van der Waals surface area contributed by atoms with Gasteiger partial charge in [-0.3, -0.25) is 20.2 Å². The normalized spacial score (nSPS) is 11.4. The van der Waals surface area contributed by atoms with Crippen LogP contribution in [0.15, 0.2) is 24.3 Å². The molecule has 2 rings (SSSR count). The van der Waals surface area contributed by atoms with E-state index in [4.69, 9.17) is 0 Å². The lowest BCUT2D eigenvalue weighted by Gasteiger charge is -2.27. The van der Waals surface area contributed by atoms with E-state index in [2.05, 4.69) is 0 Å². The van der Waals surface area contributed by atoms with Crippen LogP contribution in [0.3, 0.4) is 0 Å². The Morgan fingerprint density at radius 1 is 0.840 bits per heavy atom. The predicted molar refractivity (Wildman–Crippen MR) is 81.6 cm³/mol. The Balaban J connectivity index is 2.81. The summed E-state index contributed by atoms with van der Waals surface area (Å²) in [6.45, 7) is 2.59. The molecular weight excluding hydrogens is 342 g/mol. The third-order valence-electron chi connectivity index (χ3n) is 3.85. The van der Waals surface area contributed by atoms with Crippen LogP contribution in [0, 0.1) is 31.9 Å². The molecule has 0 amide bonds. The molecule has 0 aromatic heterocycles. The molecule has 0 radical (unpaired) electrons. The fraction of sp³-hybridized carbons (Fsp3) is 0.200. The predicted octanol–water partition coefficient (Wildman–Crippen LogP) is 3.52. The zero-order valence-corrected chi connectivity index (χ0v) is 13.0. The van der Waals surface area contributed by atoms with Gasteiger partial charge in [0, 0.05) is 16.5 Å². The van der Waals surface area contributed by atoms with Crippen molar-refractivity contribution in [2.24, 2.45) is 0 Å². The maximum atomic E-state index is 13.7. The van der Waals surface area contributed by atoms with Crippen molar-refractivity contribution >= 4 is 11.4 Å². The zero-order chi connectivity index (χ0) is 19.1. The van der Waals surface area contributed by atoms with Crippen LogP contribution in [-0.2, 0) is 5.41 Å². The van der Waals surface area contributed by atoms with Crippen LogP contribution in [0.4, 0.5) is 20.2 Å². The number of hydrogen-bond acceptors (Lipinski definition) is 6. The smallest absolute Gasteiger partial charge is 0.313 e. The second-order valence-corrected chi connectivity index (χ2v) is 5.78. The lowest BCUT2D eigenvalue weighted by Crippen LogP contribution is -2.21. The van der Waals surface area contributed by atoms with E-state index in [1.165, 1.54) is 13.8 Å². The summed E-state index contributed by atoms with van der Waals surface area (Å²) in [7, 11) is 0. The minimum Gasteiger partial charge on any atom is -0.502 e. The van der Waals surface area contributed by atoms with Crippen LogP contribution in [-0.4, -0.2) is 20.1 Å².